The Bertz CT molecular complexity index is 790. The lowest BCUT2D eigenvalue weighted by Crippen LogP contribution is -2.40. The Kier molecular flexibility index (Phi) is 7.45. The first kappa shape index (κ1) is 21.0. The van der Waals surface area contributed by atoms with Crippen LogP contribution in [0.15, 0.2) is 41.0 Å². The van der Waals surface area contributed by atoms with E-state index in [1.807, 2.05) is 24.3 Å². The molecule has 27 heavy (non-hydrogen) atoms. The van der Waals surface area contributed by atoms with Crippen molar-refractivity contribution in [3.05, 3.63) is 53.5 Å². The fourth-order valence-electron chi connectivity index (χ4n) is 3.27. The normalized spacial score (nSPS) is 13.9. The summed E-state index contributed by atoms with van der Waals surface area (Å²) in [5.74, 6) is -0.00449. The van der Waals surface area contributed by atoms with Gasteiger partial charge in [-0.2, -0.15) is 0 Å². The van der Waals surface area contributed by atoms with Crippen molar-refractivity contribution in [3.63, 3.8) is 0 Å². The van der Waals surface area contributed by atoms with Gasteiger partial charge in [0.15, 0.2) is 5.76 Å². The molecule has 2 aromatic rings. The summed E-state index contributed by atoms with van der Waals surface area (Å²) in [5, 5.41) is 2.94. The predicted molar refractivity (Wildman–Crippen MR) is 107 cm³/mol. The molecule has 1 aliphatic rings. The maximum Gasteiger partial charge on any atom is 0.287 e. The van der Waals surface area contributed by atoms with Crippen LogP contribution in [0.1, 0.15) is 47.9 Å². The summed E-state index contributed by atoms with van der Waals surface area (Å²) >= 11 is 0. The largest absolute Gasteiger partial charge is 0.459 e. The average Bonchev–Trinajstić information content (AvgIpc) is 3.23. The number of benzene rings is 1. The highest BCUT2D eigenvalue weighted by Crippen LogP contribution is 2.30. The van der Waals surface area contributed by atoms with Gasteiger partial charge in [-0.25, -0.2) is 0 Å². The fraction of sp³-hybridized carbons (Fsp3) is 0.400. The first-order valence-electron chi connectivity index (χ1n) is 9.09. The van der Waals surface area contributed by atoms with Crippen LogP contribution in [0.3, 0.4) is 0 Å². The number of carbonyl (C=O) groups is 2. The number of halogens is 1. The molecule has 1 aromatic carbocycles. The summed E-state index contributed by atoms with van der Waals surface area (Å²) in [6.07, 6.45) is 4.77. The minimum atomic E-state index is -0.281. The first-order valence-corrected chi connectivity index (χ1v) is 9.09. The number of anilines is 1. The molecule has 3 rings (SSSR count). The summed E-state index contributed by atoms with van der Waals surface area (Å²) in [6.45, 7) is 2.81. The summed E-state index contributed by atoms with van der Waals surface area (Å²) in [4.78, 5) is 26.7. The van der Waals surface area contributed by atoms with Gasteiger partial charge in [-0.05, 0) is 24.1 Å². The van der Waals surface area contributed by atoms with E-state index in [-0.39, 0.29) is 36.0 Å². The quantitative estimate of drug-likeness (QED) is 0.723. The zero-order valence-corrected chi connectivity index (χ0v) is 16.3. The SMILES string of the molecule is CCCCC(CN)NC(=O)c1occc1CN1C(=O)Cc2ccccc21.Cl. The molecule has 1 unspecified atom stereocenters. The van der Waals surface area contributed by atoms with Gasteiger partial charge in [-0.15, -0.1) is 12.4 Å². The van der Waals surface area contributed by atoms with Gasteiger partial charge in [0.05, 0.1) is 19.2 Å². The number of nitrogens with two attached hydrogens (primary N) is 1. The van der Waals surface area contributed by atoms with Crippen molar-refractivity contribution < 1.29 is 14.0 Å². The predicted octanol–water partition coefficient (Wildman–Crippen LogP) is 3.04. The van der Waals surface area contributed by atoms with Gasteiger partial charge >= 0.3 is 0 Å². The first-order chi connectivity index (χ1) is 12.6. The Hall–Kier alpha value is -2.31. The second kappa shape index (κ2) is 9.58. The van der Waals surface area contributed by atoms with E-state index in [4.69, 9.17) is 10.2 Å². The lowest BCUT2D eigenvalue weighted by molar-refractivity contribution is -0.117. The second-order valence-electron chi connectivity index (χ2n) is 6.61. The minimum Gasteiger partial charge on any atom is -0.459 e. The minimum absolute atomic E-state index is 0. The molecule has 0 spiro atoms. The number of amides is 2. The van der Waals surface area contributed by atoms with Crippen LogP contribution in [0.25, 0.3) is 0 Å². The molecule has 0 bridgehead atoms. The van der Waals surface area contributed by atoms with E-state index in [1.165, 1.54) is 6.26 Å². The Balaban J connectivity index is 0.00000261. The van der Waals surface area contributed by atoms with Crippen LogP contribution in [0.5, 0.6) is 0 Å². The molecule has 2 heterocycles. The third-order valence-corrected chi connectivity index (χ3v) is 4.73. The van der Waals surface area contributed by atoms with Gasteiger partial charge in [0, 0.05) is 23.8 Å². The number of rotatable bonds is 8. The molecule has 1 aromatic heterocycles. The Labute approximate surface area is 165 Å². The topological polar surface area (TPSA) is 88.6 Å². The third-order valence-electron chi connectivity index (χ3n) is 4.73. The molecule has 0 aliphatic carbocycles. The Morgan fingerprint density at radius 3 is 2.85 bits per heavy atom. The van der Waals surface area contributed by atoms with E-state index in [0.717, 1.165) is 30.5 Å². The van der Waals surface area contributed by atoms with Crippen molar-refractivity contribution in [2.24, 2.45) is 5.73 Å². The van der Waals surface area contributed by atoms with E-state index in [1.54, 1.807) is 11.0 Å². The van der Waals surface area contributed by atoms with E-state index >= 15 is 0 Å². The molecule has 0 radical (unpaired) electrons. The van der Waals surface area contributed by atoms with Crippen LogP contribution in [0, 0.1) is 0 Å². The monoisotopic (exact) mass is 391 g/mol. The smallest absolute Gasteiger partial charge is 0.287 e. The van der Waals surface area contributed by atoms with Crippen LogP contribution in [-0.2, 0) is 17.8 Å². The molecular weight excluding hydrogens is 366 g/mol. The van der Waals surface area contributed by atoms with Crippen LogP contribution in [-0.4, -0.2) is 24.4 Å². The highest BCUT2D eigenvalue weighted by Gasteiger charge is 2.29. The highest BCUT2D eigenvalue weighted by molar-refractivity contribution is 6.01. The van der Waals surface area contributed by atoms with Crippen molar-refractivity contribution in [1.82, 2.24) is 5.32 Å². The number of hydrogen-bond acceptors (Lipinski definition) is 4. The van der Waals surface area contributed by atoms with E-state index < -0.39 is 0 Å². The molecule has 6 nitrogen and oxygen atoms in total. The van der Waals surface area contributed by atoms with E-state index in [2.05, 4.69) is 12.2 Å². The van der Waals surface area contributed by atoms with Crippen LogP contribution in [0.2, 0.25) is 0 Å². The number of furan rings is 1. The summed E-state index contributed by atoms with van der Waals surface area (Å²) in [7, 11) is 0. The number of para-hydroxylation sites is 1. The molecule has 146 valence electrons. The molecular formula is C20H26ClN3O3. The molecule has 0 saturated carbocycles. The number of unbranched alkanes of at least 4 members (excludes halogenated alkanes) is 1. The van der Waals surface area contributed by atoms with Crippen molar-refractivity contribution in [1.29, 1.82) is 0 Å². The van der Waals surface area contributed by atoms with Gasteiger partial charge in [0.1, 0.15) is 0 Å². The summed E-state index contributed by atoms with van der Waals surface area (Å²) < 4.78 is 5.42. The number of hydrogen-bond donors (Lipinski definition) is 2. The number of nitrogens with zero attached hydrogens (tertiary/aromatic N) is 1. The lowest BCUT2D eigenvalue weighted by atomic mass is 10.1. The van der Waals surface area contributed by atoms with Crippen molar-refractivity contribution in [3.8, 4) is 0 Å². The highest BCUT2D eigenvalue weighted by atomic mass is 35.5. The zero-order chi connectivity index (χ0) is 18.5. The lowest BCUT2D eigenvalue weighted by Gasteiger charge is -2.18. The molecule has 0 saturated heterocycles. The van der Waals surface area contributed by atoms with Gasteiger partial charge < -0.3 is 20.4 Å². The van der Waals surface area contributed by atoms with Gasteiger partial charge in [0.25, 0.3) is 5.91 Å². The summed E-state index contributed by atoms with van der Waals surface area (Å²) in [6, 6.07) is 9.38. The Morgan fingerprint density at radius 1 is 1.33 bits per heavy atom. The van der Waals surface area contributed by atoms with Crippen LogP contribution in [0.4, 0.5) is 5.69 Å². The standard InChI is InChI=1S/C20H25N3O3.ClH/c1-2-3-7-16(12-21)22-20(25)19-15(9-10-26-19)13-23-17-8-5-4-6-14(17)11-18(23)24;/h4-6,8-10,16H,2-3,7,11-13,21H2,1H3,(H,22,25);1H. The van der Waals surface area contributed by atoms with Crippen LogP contribution >= 0.6 is 12.4 Å². The molecule has 2 amide bonds. The van der Waals surface area contributed by atoms with Crippen LogP contribution < -0.4 is 16.0 Å². The average molecular weight is 392 g/mol. The molecule has 1 atom stereocenters. The summed E-state index contributed by atoms with van der Waals surface area (Å²) in [5.41, 5.74) is 8.36. The molecule has 3 N–H and O–H groups in total. The number of fused-ring (bicyclic) bond motifs is 1. The van der Waals surface area contributed by atoms with E-state index in [0.29, 0.717) is 25.1 Å². The zero-order valence-electron chi connectivity index (χ0n) is 15.4. The maximum atomic E-state index is 12.6. The molecule has 7 heteroatoms. The van der Waals surface area contributed by atoms with E-state index in [9.17, 15) is 9.59 Å². The van der Waals surface area contributed by atoms with Gasteiger partial charge in [-0.3, -0.25) is 9.59 Å². The number of carbonyl (C=O) groups excluding carboxylic acids is 2. The second-order valence-corrected chi connectivity index (χ2v) is 6.61. The Morgan fingerprint density at radius 2 is 2.11 bits per heavy atom. The van der Waals surface area contributed by atoms with Crippen molar-refractivity contribution in [2.75, 3.05) is 11.4 Å². The van der Waals surface area contributed by atoms with Crippen molar-refractivity contribution >= 4 is 29.9 Å². The maximum absolute atomic E-state index is 12.6. The van der Waals surface area contributed by atoms with Gasteiger partial charge in [-0.1, -0.05) is 38.0 Å². The molecule has 1 aliphatic heterocycles. The third kappa shape index (κ3) is 4.70. The van der Waals surface area contributed by atoms with Gasteiger partial charge in [0.2, 0.25) is 5.91 Å². The fourth-order valence-corrected chi connectivity index (χ4v) is 3.27. The van der Waals surface area contributed by atoms with Crippen molar-refractivity contribution in [2.45, 2.75) is 45.2 Å². The number of nitrogens with one attached hydrogen (secondary N) is 1. The molecule has 0 fully saturated rings.